The minimum Gasteiger partial charge on any atom is -0.454 e. The molecule has 1 atom stereocenters. The first-order valence-corrected chi connectivity index (χ1v) is 10.8. The number of carbonyl (C=O) groups is 1. The number of fused-ring (bicyclic) bond motifs is 1. The topological polar surface area (TPSA) is 77.3 Å². The zero-order chi connectivity index (χ0) is 21.2. The highest BCUT2D eigenvalue weighted by molar-refractivity contribution is 5.82. The fraction of sp³-hybridized carbons (Fsp3) is 0.280. The van der Waals surface area contributed by atoms with Gasteiger partial charge in [-0.3, -0.25) is 14.4 Å². The Morgan fingerprint density at radius 1 is 1.10 bits per heavy atom. The van der Waals surface area contributed by atoms with Gasteiger partial charge in [-0.05, 0) is 37.1 Å². The molecular formula is C25H26N4O2. The molecule has 2 N–H and O–H groups in total. The molecule has 4 aromatic rings. The molecule has 0 saturated carbocycles. The summed E-state index contributed by atoms with van der Waals surface area (Å²) in [5.74, 6) is 0.483. The molecule has 0 aliphatic carbocycles. The summed E-state index contributed by atoms with van der Waals surface area (Å²) in [5, 5.41) is 5.96. The minimum atomic E-state index is -0.206. The number of rotatable bonds is 6. The van der Waals surface area contributed by atoms with Crippen LogP contribution in [0, 0.1) is 5.92 Å². The van der Waals surface area contributed by atoms with Crippen molar-refractivity contribution in [2.75, 3.05) is 13.1 Å². The van der Waals surface area contributed by atoms with Gasteiger partial charge in [0.2, 0.25) is 5.91 Å². The van der Waals surface area contributed by atoms with Crippen molar-refractivity contribution in [3.63, 3.8) is 0 Å². The molecule has 0 bridgehead atoms. The predicted molar refractivity (Wildman–Crippen MR) is 120 cm³/mol. The van der Waals surface area contributed by atoms with E-state index in [4.69, 9.17) is 15.2 Å². The second-order valence-corrected chi connectivity index (χ2v) is 8.31. The maximum Gasteiger partial charge on any atom is 0.221 e. The van der Waals surface area contributed by atoms with Crippen LogP contribution >= 0.6 is 0 Å². The van der Waals surface area contributed by atoms with Gasteiger partial charge < -0.3 is 10.2 Å². The Kier molecular flexibility index (Phi) is 5.30. The van der Waals surface area contributed by atoms with Crippen LogP contribution in [0.5, 0.6) is 0 Å². The van der Waals surface area contributed by atoms with Crippen LogP contribution in [0.25, 0.3) is 22.4 Å². The van der Waals surface area contributed by atoms with Crippen molar-refractivity contribution in [3.05, 3.63) is 78.0 Å². The lowest BCUT2D eigenvalue weighted by molar-refractivity contribution is -0.123. The van der Waals surface area contributed by atoms with E-state index in [1.54, 1.807) is 0 Å². The molecule has 1 fully saturated rings. The molecule has 0 unspecified atom stereocenters. The number of furan rings is 1. The van der Waals surface area contributed by atoms with Crippen LogP contribution < -0.4 is 5.73 Å². The van der Waals surface area contributed by atoms with Gasteiger partial charge in [-0.1, -0.05) is 48.5 Å². The number of aromatic nitrogens is 2. The van der Waals surface area contributed by atoms with Crippen LogP contribution in [0.3, 0.4) is 0 Å². The maximum absolute atomic E-state index is 11.7. The highest BCUT2D eigenvalue weighted by atomic mass is 16.3. The summed E-state index contributed by atoms with van der Waals surface area (Å²) in [7, 11) is 0. The van der Waals surface area contributed by atoms with Gasteiger partial charge in [0, 0.05) is 30.2 Å². The first-order valence-electron chi connectivity index (χ1n) is 10.8. The van der Waals surface area contributed by atoms with Crippen molar-refractivity contribution in [3.8, 4) is 11.5 Å². The Hall–Kier alpha value is -3.38. The molecule has 3 heterocycles. The second kappa shape index (κ2) is 8.40. The predicted octanol–water partition coefficient (Wildman–Crippen LogP) is 4.04. The number of hydrogen-bond donors (Lipinski definition) is 1. The third kappa shape index (κ3) is 4.25. The Morgan fingerprint density at radius 2 is 1.90 bits per heavy atom. The first-order chi connectivity index (χ1) is 15.2. The molecular weight excluding hydrogens is 388 g/mol. The highest BCUT2D eigenvalue weighted by Gasteiger charge is 2.26. The van der Waals surface area contributed by atoms with Crippen LogP contribution in [-0.4, -0.2) is 33.7 Å². The minimum absolute atomic E-state index is 0.0808. The van der Waals surface area contributed by atoms with Crippen LogP contribution in [0.1, 0.15) is 24.0 Å². The van der Waals surface area contributed by atoms with Gasteiger partial charge >= 0.3 is 0 Å². The summed E-state index contributed by atoms with van der Waals surface area (Å²) >= 11 is 0. The average Bonchev–Trinajstić information content (AvgIpc) is 3.38. The monoisotopic (exact) mass is 414 g/mol. The summed E-state index contributed by atoms with van der Waals surface area (Å²) < 4.78 is 8.11. The number of hydrogen-bond acceptors (Lipinski definition) is 4. The van der Waals surface area contributed by atoms with E-state index < -0.39 is 0 Å². The Morgan fingerprint density at radius 3 is 2.71 bits per heavy atom. The second-order valence-electron chi connectivity index (χ2n) is 8.31. The number of amides is 1. The fourth-order valence-corrected chi connectivity index (χ4v) is 4.41. The number of nitrogens with two attached hydrogens (primary N) is 1. The summed E-state index contributed by atoms with van der Waals surface area (Å²) in [5.41, 5.74) is 9.58. The Bertz CT molecular complexity index is 1160. The molecule has 2 aromatic carbocycles. The first kappa shape index (κ1) is 19.6. The van der Waals surface area contributed by atoms with E-state index in [1.807, 2.05) is 47.1 Å². The normalized spacial score (nSPS) is 17.2. The van der Waals surface area contributed by atoms with Crippen LogP contribution in [0.2, 0.25) is 0 Å². The zero-order valence-corrected chi connectivity index (χ0v) is 17.4. The SMILES string of the molecule is NC(=O)[C@@H]1CCCN(Cc2cn(Cc3ccccc3)nc2-c2cc3ccccc3o2)C1. The number of piperidine rings is 1. The summed E-state index contributed by atoms with van der Waals surface area (Å²) in [6, 6.07) is 20.4. The number of primary amides is 1. The van der Waals surface area contributed by atoms with E-state index in [-0.39, 0.29) is 11.8 Å². The largest absolute Gasteiger partial charge is 0.454 e. The molecule has 1 aliphatic heterocycles. The van der Waals surface area contributed by atoms with Gasteiger partial charge in [-0.2, -0.15) is 5.10 Å². The van der Waals surface area contributed by atoms with Crippen molar-refractivity contribution in [1.29, 1.82) is 0 Å². The third-order valence-corrected chi connectivity index (χ3v) is 5.99. The zero-order valence-electron chi connectivity index (χ0n) is 17.4. The fourth-order valence-electron chi connectivity index (χ4n) is 4.41. The lowest BCUT2D eigenvalue weighted by atomic mass is 9.97. The lowest BCUT2D eigenvalue weighted by Crippen LogP contribution is -2.40. The summed E-state index contributed by atoms with van der Waals surface area (Å²) in [6.07, 6.45) is 3.95. The smallest absolute Gasteiger partial charge is 0.221 e. The van der Waals surface area contributed by atoms with Crippen LogP contribution in [0.4, 0.5) is 0 Å². The molecule has 6 nitrogen and oxygen atoms in total. The molecule has 31 heavy (non-hydrogen) atoms. The third-order valence-electron chi connectivity index (χ3n) is 5.99. The molecule has 1 amide bonds. The average molecular weight is 415 g/mol. The van der Waals surface area contributed by atoms with Crippen molar-refractivity contribution in [2.24, 2.45) is 11.7 Å². The summed E-state index contributed by atoms with van der Waals surface area (Å²) in [4.78, 5) is 14.0. The van der Waals surface area contributed by atoms with Gasteiger partial charge in [0.15, 0.2) is 5.76 Å². The number of likely N-dealkylation sites (tertiary alicyclic amines) is 1. The lowest BCUT2D eigenvalue weighted by Gasteiger charge is -2.30. The van der Waals surface area contributed by atoms with Gasteiger partial charge in [-0.15, -0.1) is 0 Å². The molecule has 158 valence electrons. The van der Waals surface area contributed by atoms with Crippen molar-refractivity contribution >= 4 is 16.9 Å². The van der Waals surface area contributed by atoms with Crippen LogP contribution in [0.15, 0.2) is 71.3 Å². The van der Waals surface area contributed by atoms with Crippen molar-refractivity contribution < 1.29 is 9.21 Å². The quantitative estimate of drug-likeness (QED) is 0.517. The van der Waals surface area contributed by atoms with Gasteiger partial charge in [0.1, 0.15) is 11.3 Å². The van der Waals surface area contributed by atoms with Crippen molar-refractivity contribution in [1.82, 2.24) is 14.7 Å². The number of nitrogens with zero attached hydrogens (tertiary/aromatic N) is 3. The molecule has 2 aromatic heterocycles. The van der Waals surface area contributed by atoms with E-state index in [0.717, 1.165) is 47.4 Å². The number of benzene rings is 2. The molecule has 5 rings (SSSR count). The summed E-state index contributed by atoms with van der Waals surface area (Å²) in [6.45, 7) is 3.05. The molecule has 6 heteroatoms. The van der Waals surface area contributed by atoms with Gasteiger partial charge in [0.05, 0.1) is 12.5 Å². The number of carbonyl (C=O) groups excluding carboxylic acids is 1. The maximum atomic E-state index is 11.7. The highest BCUT2D eigenvalue weighted by Crippen LogP contribution is 2.30. The van der Waals surface area contributed by atoms with E-state index >= 15 is 0 Å². The van der Waals surface area contributed by atoms with Gasteiger partial charge in [0.25, 0.3) is 0 Å². The Labute approximate surface area is 181 Å². The Balaban J connectivity index is 1.48. The molecule has 1 saturated heterocycles. The standard InChI is InChI=1S/C25H26N4O2/c26-25(30)20-10-6-12-28(15-20)16-21-17-29(14-18-7-2-1-3-8-18)27-24(21)23-13-19-9-4-5-11-22(19)31-23/h1-5,7-9,11,13,17,20H,6,10,12,14-16H2,(H2,26,30)/t20-/m1/s1. The van der Waals surface area contributed by atoms with Crippen molar-refractivity contribution in [2.45, 2.75) is 25.9 Å². The van der Waals surface area contributed by atoms with E-state index in [2.05, 4.69) is 29.3 Å². The van der Waals surface area contributed by atoms with E-state index in [1.165, 1.54) is 5.56 Å². The van der Waals surface area contributed by atoms with E-state index in [9.17, 15) is 4.79 Å². The molecule has 0 radical (unpaired) electrons. The van der Waals surface area contributed by atoms with Gasteiger partial charge in [-0.25, -0.2) is 0 Å². The number of para-hydroxylation sites is 1. The molecule has 1 aliphatic rings. The van der Waals surface area contributed by atoms with Crippen LogP contribution in [-0.2, 0) is 17.9 Å². The molecule has 0 spiro atoms. The van der Waals surface area contributed by atoms with E-state index in [0.29, 0.717) is 19.6 Å².